The molecule has 0 atom stereocenters. The van der Waals surface area contributed by atoms with Gasteiger partial charge in [-0.05, 0) is 27.2 Å². The Balaban J connectivity index is -0.0000000700. The predicted molar refractivity (Wildman–Crippen MR) is 78.8 cm³/mol. The van der Waals surface area contributed by atoms with Gasteiger partial charge in [0.2, 0.25) is 0 Å². The molecule has 0 aliphatic rings. The second-order valence-corrected chi connectivity index (χ2v) is 4.03. The molecule has 2 radical (unpaired) electrons. The van der Waals surface area contributed by atoms with Crippen molar-refractivity contribution in [3.63, 3.8) is 0 Å². The normalized spacial score (nSPS) is 7.48. The van der Waals surface area contributed by atoms with Gasteiger partial charge in [0.15, 0.2) is 0 Å². The number of unbranched alkanes of at least 4 members (excludes halogenated alkanes) is 4. The largest absolute Gasteiger partial charge is 3.00 e. The first-order valence-corrected chi connectivity index (χ1v) is 6.71. The van der Waals surface area contributed by atoms with Crippen molar-refractivity contribution >= 4 is 50.1 Å². The van der Waals surface area contributed by atoms with Gasteiger partial charge >= 0.3 is 32.2 Å². The van der Waals surface area contributed by atoms with Crippen molar-refractivity contribution in [2.24, 2.45) is 0 Å². The van der Waals surface area contributed by atoms with Crippen LogP contribution >= 0.6 is 0 Å². The molecule has 23 heavy (non-hydrogen) atoms. The van der Waals surface area contributed by atoms with E-state index in [2.05, 4.69) is 6.92 Å². The van der Waals surface area contributed by atoms with Crippen molar-refractivity contribution in [3.05, 3.63) is 0 Å². The third-order valence-electron chi connectivity index (χ3n) is 1.49. The maximum atomic E-state index is 10.0. The first-order valence-electron chi connectivity index (χ1n) is 6.71. The summed E-state index contributed by atoms with van der Waals surface area (Å²) in [6, 6.07) is 0. The molecule has 0 rings (SSSR count). The van der Waals surface area contributed by atoms with Crippen LogP contribution < -0.4 is 15.3 Å². The number of hydrogen-bond acceptors (Lipinski definition) is 7. The van der Waals surface area contributed by atoms with Gasteiger partial charge in [0.25, 0.3) is 0 Å². The Morgan fingerprint density at radius 1 is 0.739 bits per heavy atom. The van der Waals surface area contributed by atoms with Crippen LogP contribution in [0.15, 0.2) is 0 Å². The first-order chi connectivity index (χ1) is 9.97. The number of hydrogen-bond donors (Lipinski definition) is 1. The van der Waals surface area contributed by atoms with Crippen molar-refractivity contribution in [1.29, 1.82) is 0 Å². The van der Waals surface area contributed by atoms with Crippen LogP contribution in [-0.4, -0.2) is 55.2 Å². The van der Waals surface area contributed by atoms with E-state index in [0.29, 0.717) is 6.42 Å². The summed E-state index contributed by atoms with van der Waals surface area (Å²) in [7, 11) is 0. The molecule has 0 spiro atoms. The minimum Gasteiger partial charge on any atom is -0.550 e. The van der Waals surface area contributed by atoms with Gasteiger partial charge in [0.1, 0.15) is 0 Å². The summed E-state index contributed by atoms with van der Waals surface area (Å²) in [4.78, 5) is 36.7. The number of carboxylic acid groups (broad SMARTS) is 4. The molecular formula is C14H25BiO8. The Hall–Kier alpha value is -1.24. The van der Waals surface area contributed by atoms with Gasteiger partial charge < -0.3 is 34.8 Å². The molecule has 1 N–H and O–H groups in total. The average molecular weight is 530 g/mol. The molecule has 8 nitrogen and oxygen atoms in total. The summed E-state index contributed by atoms with van der Waals surface area (Å²) >= 11 is 0. The smallest absolute Gasteiger partial charge is 0.550 e. The summed E-state index contributed by atoms with van der Waals surface area (Å²) in [5.74, 6) is -3.92. The molecule has 0 saturated heterocycles. The summed E-state index contributed by atoms with van der Waals surface area (Å²) in [6.07, 6.45) is 5.88. The van der Waals surface area contributed by atoms with E-state index in [1.165, 1.54) is 19.3 Å². The maximum absolute atomic E-state index is 10.0. The molecule has 0 amide bonds. The molecule has 0 unspecified atom stereocenters. The van der Waals surface area contributed by atoms with Crippen LogP contribution in [0, 0.1) is 0 Å². The summed E-state index contributed by atoms with van der Waals surface area (Å²) < 4.78 is 0. The van der Waals surface area contributed by atoms with Crippen LogP contribution in [0.25, 0.3) is 0 Å². The summed E-state index contributed by atoms with van der Waals surface area (Å²) in [5, 5.41) is 34.9. The average Bonchev–Trinajstić information content (AvgIpc) is 2.26. The van der Waals surface area contributed by atoms with Crippen molar-refractivity contribution in [3.8, 4) is 0 Å². The fourth-order valence-corrected chi connectivity index (χ4v) is 0.880. The van der Waals surface area contributed by atoms with E-state index in [1.807, 2.05) is 0 Å². The quantitative estimate of drug-likeness (QED) is 0.315. The Morgan fingerprint density at radius 2 is 1.00 bits per heavy atom. The Kier molecular flexibility index (Phi) is 41.9. The van der Waals surface area contributed by atoms with E-state index in [9.17, 15) is 4.79 Å². The maximum Gasteiger partial charge on any atom is 3.00 e. The molecule has 134 valence electrons. The predicted octanol–water partition coefficient (Wildman–Crippen LogP) is -1.68. The van der Waals surface area contributed by atoms with E-state index in [4.69, 9.17) is 34.8 Å². The molecule has 9 heteroatoms. The van der Waals surface area contributed by atoms with Gasteiger partial charge in [0.05, 0.1) is 0 Å². The van der Waals surface area contributed by atoms with Crippen LogP contribution in [0.1, 0.15) is 66.2 Å². The minimum atomic E-state index is -1.08. The zero-order valence-corrected chi connectivity index (χ0v) is 17.5. The molecule has 0 saturated carbocycles. The third kappa shape index (κ3) is 220. The van der Waals surface area contributed by atoms with Crippen molar-refractivity contribution < 1.29 is 39.6 Å². The van der Waals surface area contributed by atoms with Gasteiger partial charge in [-0.15, -0.1) is 0 Å². The second-order valence-electron chi connectivity index (χ2n) is 4.03. The summed E-state index contributed by atoms with van der Waals surface area (Å²) in [6.45, 7) is 5.07. The Bertz CT molecular complexity index is 265. The molecule has 0 aromatic rings. The number of aliphatic carboxylic acids is 4. The number of carboxylic acids is 4. The number of rotatable bonds is 6. The van der Waals surface area contributed by atoms with E-state index in [0.717, 1.165) is 33.6 Å². The standard InChI is InChI=1S/C8H16O2.3C2H4O2.Bi/c1-2-3-4-5-6-7-8(9)10;3*1-2(3)4;/h2-7H2,1H3,(H,9,10);3*1H3,(H,3,4);/q;;;;+3/p-3. The fourth-order valence-electron chi connectivity index (χ4n) is 0.880. The molecule has 0 fully saturated rings. The van der Waals surface area contributed by atoms with E-state index in [-0.39, 0.29) is 26.2 Å². The molecule has 0 bridgehead atoms. The topological polar surface area (TPSA) is 158 Å². The van der Waals surface area contributed by atoms with Crippen LogP contribution in [0.3, 0.4) is 0 Å². The van der Waals surface area contributed by atoms with Gasteiger partial charge in [-0.2, -0.15) is 0 Å². The van der Waals surface area contributed by atoms with Gasteiger partial charge in [0, 0.05) is 24.3 Å². The van der Waals surface area contributed by atoms with Gasteiger partial charge in [-0.1, -0.05) is 32.6 Å². The molecule has 0 aromatic heterocycles. The summed E-state index contributed by atoms with van der Waals surface area (Å²) in [5.41, 5.74) is 0. The molecule has 0 heterocycles. The van der Waals surface area contributed by atoms with Crippen molar-refractivity contribution in [2.45, 2.75) is 66.2 Å². The van der Waals surface area contributed by atoms with Crippen LogP contribution in [0.5, 0.6) is 0 Å². The van der Waals surface area contributed by atoms with Crippen LogP contribution in [0.2, 0.25) is 0 Å². The van der Waals surface area contributed by atoms with Gasteiger partial charge in [-0.25, -0.2) is 0 Å². The van der Waals surface area contributed by atoms with Crippen molar-refractivity contribution in [1.82, 2.24) is 0 Å². The zero-order chi connectivity index (χ0) is 18.6. The zero-order valence-electron chi connectivity index (χ0n) is 14.0. The van der Waals surface area contributed by atoms with Crippen LogP contribution in [-0.2, 0) is 19.2 Å². The third-order valence-corrected chi connectivity index (χ3v) is 1.49. The first kappa shape index (κ1) is 33.4. The number of carbonyl (C=O) groups is 4. The number of carbonyl (C=O) groups excluding carboxylic acids is 3. The van der Waals surface area contributed by atoms with Gasteiger partial charge in [-0.3, -0.25) is 4.79 Å². The Labute approximate surface area is 156 Å². The molecule has 0 aromatic carbocycles. The molecule has 0 aliphatic heterocycles. The van der Waals surface area contributed by atoms with E-state index < -0.39 is 23.9 Å². The molecular weight excluding hydrogens is 505 g/mol. The fraction of sp³-hybridized carbons (Fsp3) is 0.714. The van der Waals surface area contributed by atoms with Crippen LogP contribution in [0.4, 0.5) is 0 Å². The van der Waals surface area contributed by atoms with E-state index in [1.54, 1.807) is 0 Å². The SMILES string of the molecule is CC(=O)[O-].CC(=O)[O-].CC(=O)[O-].CCCCCCCC(=O)O.[Bi+3]. The molecule has 0 aliphatic carbocycles. The Morgan fingerprint density at radius 3 is 1.22 bits per heavy atom. The second kappa shape index (κ2) is 28.9. The minimum absolute atomic E-state index is 0. The monoisotopic (exact) mass is 530 g/mol. The van der Waals surface area contributed by atoms with Crippen molar-refractivity contribution in [2.75, 3.05) is 0 Å². The van der Waals surface area contributed by atoms with E-state index >= 15 is 0 Å².